The molecule has 1 aliphatic heterocycles. The summed E-state index contributed by atoms with van der Waals surface area (Å²) in [5.41, 5.74) is 0.0493. The third-order valence-corrected chi connectivity index (χ3v) is 4.38. The molecule has 5 heteroatoms. The molecule has 0 aromatic carbocycles. The van der Waals surface area contributed by atoms with Crippen LogP contribution in [0.5, 0.6) is 0 Å². The Balaban J connectivity index is 2.14. The summed E-state index contributed by atoms with van der Waals surface area (Å²) in [6.07, 6.45) is 3.55. The summed E-state index contributed by atoms with van der Waals surface area (Å²) in [5, 5.41) is 1.02. The SMILES string of the molecule is CCOC(=O)c1cnc(C2(C)CCOCC2)s1. The van der Waals surface area contributed by atoms with Crippen molar-refractivity contribution in [3.8, 4) is 0 Å². The first-order valence-corrected chi connectivity index (χ1v) is 6.68. The number of hydrogen-bond donors (Lipinski definition) is 0. The van der Waals surface area contributed by atoms with Crippen molar-refractivity contribution in [3.05, 3.63) is 16.1 Å². The molecule has 0 saturated carbocycles. The first kappa shape index (κ1) is 12.5. The van der Waals surface area contributed by atoms with E-state index in [1.54, 1.807) is 13.1 Å². The highest BCUT2D eigenvalue weighted by Crippen LogP contribution is 2.36. The van der Waals surface area contributed by atoms with Crippen LogP contribution in [0.3, 0.4) is 0 Å². The van der Waals surface area contributed by atoms with Crippen molar-refractivity contribution in [2.75, 3.05) is 19.8 Å². The zero-order chi connectivity index (χ0) is 12.3. The van der Waals surface area contributed by atoms with Gasteiger partial charge in [0.25, 0.3) is 0 Å². The van der Waals surface area contributed by atoms with Gasteiger partial charge in [-0.25, -0.2) is 9.78 Å². The fourth-order valence-corrected chi connectivity index (χ4v) is 2.90. The number of ether oxygens (including phenoxy) is 2. The molecule has 4 nitrogen and oxygen atoms in total. The third-order valence-electron chi connectivity index (χ3n) is 3.09. The number of nitrogens with zero attached hydrogens (tertiary/aromatic N) is 1. The van der Waals surface area contributed by atoms with Crippen LogP contribution in [0.15, 0.2) is 6.20 Å². The van der Waals surface area contributed by atoms with E-state index >= 15 is 0 Å². The topological polar surface area (TPSA) is 48.4 Å². The Kier molecular flexibility index (Phi) is 3.79. The van der Waals surface area contributed by atoms with Crippen LogP contribution >= 0.6 is 11.3 Å². The number of esters is 1. The molecule has 1 saturated heterocycles. The highest BCUT2D eigenvalue weighted by molar-refractivity contribution is 7.13. The van der Waals surface area contributed by atoms with Gasteiger partial charge >= 0.3 is 5.97 Å². The Morgan fingerprint density at radius 3 is 2.94 bits per heavy atom. The molecule has 94 valence electrons. The smallest absolute Gasteiger partial charge is 0.349 e. The van der Waals surface area contributed by atoms with Gasteiger partial charge in [0.15, 0.2) is 0 Å². The highest BCUT2D eigenvalue weighted by atomic mass is 32.1. The second-order valence-corrected chi connectivity index (χ2v) is 5.45. The molecule has 0 atom stereocenters. The maximum absolute atomic E-state index is 11.6. The minimum absolute atomic E-state index is 0.0493. The van der Waals surface area contributed by atoms with E-state index in [1.807, 2.05) is 0 Å². The minimum Gasteiger partial charge on any atom is -0.462 e. The van der Waals surface area contributed by atoms with Gasteiger partial charge in [0.2, 0.25) is 0 Å². The number of hydrogen-bond acceptors (Lipinski definition) is 5. The van der Waals surface area contributed by atoms with Crippen LogP contribution in [0.2, 0.25) is 0 Å². The second-order valence-electron chi connectivity index (χ2n) is 4.42. The first-order chi connectivity index (χ1) is 8.15. The lowest BCUT2D eigenvalue weighted by Crippen LogP contribution is -2.30. The molecule has 0 N–H and O–H groups in total. The van der Waals surface area contributed by atoms with Crippen molar-refractivity contribution >= 4 is 17.3 Å². The number of carbonyl (C=O) groups excluding carboxylic acids is 1. The summed E-state index contributed by atoms with van der Waals surface area (Å²) in [6, 6.07) is 0. The maximum Gasteiger partial charge on any atom is 0.349 e. The summed E-state index contributed by atoms with van der Waals surface area (Å²) in [7, 11) is 0. The number of carbonyl (C=O) groups is 1. The van der Waals surface area contributed by atoms with Gasteiger partial charge in [0, 0.05) is 18.6 Å². The average Bonchev–Trinajstić information content (AvgIpc) is 2.80. The molecule has 1 aromatic rings. The molecule has 0 spiro atoms. The quantitative estimate of drug-likeness (QED) is 0.778. The van der Waals surface area contributed by atoms with E-state index in [0.29, 0.717) is 11.5 Å². The monoisotopic (exact) mass is 255 g/mol. The van der Waals surface area contributed by atoms with E-state index in [4.69, 9.17) is 9.47 Å². The van der Waals surface area contributed by atoms with Gasteiger partial charge in [0.1, 0.15) is 4.88 Å². The van der Waals surface area contributed by atoms with Crippen molar-refractivity contribution in [1.29, 1.82) is 0 Å². The van der Waals surface area contributed by atoms with Gasteiger partial charge in [0.05, 0.1) is 17.8 Å². The maximum atomic E-state index is 11.6. The van der Waals surface area contributed by atoms with Gasteiger partial charge in [-0.3, -0.25) is 0 Å². The van der Waals surface area contributed by atoms with Gasteiger partial charge in [-0.15, -0.1) is 11.3 Å². The second kappa shape index (κ2) is 5.14. The van der Waals surface area contributed by atoms with Crippen LogP contribution in [0, 0.1) is 0 Å². The molecule has 2 heterocycles. The summed E-state index contributed by atoms with van der Waals surface area (Å²) < 4.78 is 10.3. The molecule has 0 unspecified atom stereocenters. The van der Waals surface area contributed by atoms with E-state index in [2.05, 4.69) is 11.9 Å². The Morgan fingerprint density at radius 1 is 1.59 bits per heavy atom. The average molecular weight is 255 g/mol. The predicted octanol–water partition coefficient (Wildman–Crippen LogP) is 2.39. The Labute approximate surface area is 105 Å². The lowest BCUT2D eigenvalue weighted by molar-refractivity contribution is 0.0531. The van der Waals surface area contributed by atoms with E-state index in [0.717, 1.165) is 31.1 Å². The fraction of sp³-hybridized carbons (Fsp3) is 0.667. The largest absolute Gasteiger partial charge is 0.462 e. The van der Waals surface area contributed by atoms with Crippen molar-refractivity contribution in [2.24, 2.45) is 0 Å². The molecule has 2 rings (SSSR count). The zero-order valence-electron chi connectivity index (χ0n) is 10.2. The van der Waals surface area contributed by atoms with E-state index < -0.39 is 0 Å². The van der Waals surface area contributed by atoms with Gasteiger partial charge in [-0.05, 0) is 19.8 Å². The van der Waals surface area contributed by atoms with Crippen LogP contribution < -0.4 is 0 Å². The molecule has 1 fully saturated rings. The number of aromatic nitrogens is 1. The van der Waals surface area contributed by atoms with Crippen molar-refractivity contribution < 1.29 is 14.3 Å². The van der Waals surface area contributed by atoms with Crippen LogP contribution in [0.25, 0.3) is 0 Å². The van der Waals surface area contributed by atoms with E-state index in [-0.39, 0.29) is 11.4 Å². The van der Waals surface area contributed by atoms with Crippen LogP contribution in [-0.2, 0) is 14.9 Å². The summed E-state index contributed by atoms with van der Waals surface area (Å²) in [4.78, 5) is 16.5. The summed E-state index contributed by atoms with van der Waals surface area (Å²) >= 11 is 1.45. The van der Waals surface area contributed by atoms with Crippen molar-refractivity contribution in [2.45, 2.75) is 32.1 Å². The molecular formula is C12H17NO3S. The van der Waals surface area contributed by atoms with Crippen molar-refractivity contribution in [1.82, 2.24) is 4.98 Å². The van der Waals surface area contributed by atoms with Crippen LogP contribution in [-0.4, -0.2) is 30.8 Å². The molecule has 17 heavy (non-hydrogen) atoms. The number of rotatable bonds is 3. The zero-order valence-corrected chi connectivity index (χ0v) is 11.0. The molecule has 0 radical (unpaired) electrons. The highest BCUT2D eigenvalue weighted by Gasteiger charge is 2.32. The molecular weight excluding hydrogens is 238 g/mol. The van der Waals surface area contributed by atoms with Crippen LogP contribution in [0.1, 0.15) is 41.4 Å². The molecule has 0 aliphatic carbocycles. The first-order valence-electron chi connectivity index (χ1n) is 5.87. The predicted molar refractivity (Wildman–Crippen MR) is 65.5 cm³/mol. The standard InChI is InChI=1S/C12H17NO3S/c1-3-16-10(14)9-8-13-11(17-9)12(2)4-6-15-7-5-12/h8H,3-7H2,1-2H3. The van der Waals surface area contributed by atoms with Gasteiger partial charge in [-0.1, -0.05) is 6.92 Å². The molecule has 1 aliphatic rings. The molecule has 1 aromatic heterocycles. The van der Waals surface area contributed by atoms with Gasteiger partial charge in [-0.2, -0.15) is 0 Å². The number of thiazole rings is 1. The van der Waals surface area contributed by atoms with Gasteiger partial charge < -0.3 is 9.47 Å². The Morgan fingerprint density at radius 2 is 2.29 bits per heavy atom. The summed E-state index contributed by atoms with van der Waals surface area (Å²) in [5.74, 6) is -0.271. The Bertz CT molecular complexity index is 396. The summed E-state index contributed by atoms with van der Waals surface area (Å²) in [6.45, 7) is 5.93. The minimum atomic E-state index is -0.271. The normalized spacial score (nSPS) is 18.9. The lowest BCUT2D eigenvalue weighted by Gasteiger charge is -2.31. The van der Waals surface area contributed by atoms with Crippen LogP contribution in [0.4, 0.5) is 0 Å². The van der Waals surface area contributed by atoms with Crippen molar-refractivity contribution in [3.63, 3.8) is 0 Å². The van der Waals surface area contributed by atoms with E-state index in [9.17, 15) is 4.79 Å². The fourth-order valence-electron chi connectivity index (χ4n) is 1.89. The Hall–Kier alpha value is -0.940. The third kappa shape index (κ3) is 2.66. The molecule has 0 bridgehead atoms. The lowest BCUT2D eigenvalue weighted by atomic mass is 9.83. The molecule has 0 amide bonds. The van der Waals surface area contributed by atoms with E-state index in [1.165, 1.54) is 11.3 Å².